The van der Waals surface area contributed by atoms with Gasteiger partial charge in [-0.1, -0.05) is 27.7 Å². The highest BCUT2D eigenvalue weighted by molar-refractivity contribution is 4.83. The van der Waals surface area contributed by atoms with E-state index in [4.69, 9.17) is 14.8 Å². The topological polar surface area (TPSA) is 56.6 Å². The van der Waals surface area contributed by atoms with Crippen molar-refractivity contribution in [3.05, 3.63) is 0 Å². The van der Waals surface area contributed by atoms with E-state index in [0.717, 1.165) is 25.9 Å². The van der Waals surface area contributed by atoms with Gasteiger partial charge >= 0.3 is 0 Å². The van der Waals surface area contributed by atoms with Crippen molar-refractivity contribution >= 4 is 0 Å². The van der Waals surface area contributed by atoms with Crippen molar-refractivity contribution in [2.75, 3.05) is 26.3 Å². The highest BCUT2D eigenvalue weighted by Crippen LogP contribution is 2.20. The normalized spacial score (nSPS) is 18.0. The van der Waals surface area contributed by atoms with Gasteiger partial charge in [0.1, 0.15) is 0 Å². The van der Waals surface area contributed by atoms with Crippen LogP contribution in [0.4, 0.5) is 0 Å². The Bertz CT molecular complexity index is 191. The van der Waals surface area contributed by atoms with E-state index in [-0.39, 0.29) is 0 Å². The summed E-state index contributed by atoms with van der Waals surface area (Å²) >= 11 is 0. The van der Waals surface area contributed by atoms with Gasteiger partial charge in [0.2, 0.25) is 0 Å². The molecular weight excluding hydrogens is 242 g/mol. The average molecular weight is 274 g/mol. The first-order valence-electron chi connectivity index (χ1n) is 7.59. The van der Waals surface area contributed by atoms with Gasteiger partial charge in [0.05, 0.1) is 0 Å². The molecule has 0 aromatic carbocycles. The summed E-state index contributed by atoms with van der Waals surface area (Å²) in [5.41, 5.74) is 0. The van der Waals surface area contributed by atoms with E-state index in [1.807, 2.05) is 13.8 Å². The molecule has 0 saturated heterocycles. The fourth-order valence-corrected chi connectivity index (χ4v) is 2.18. The molecule has 0 aliphatic heterocycles. The van der Waals surface area contributed by atoms with Crippen LogP contribution in [-0.4, -0.2) is 38.0 Å². The quantitative estimate of drug-likeness (QED) is 0.535. The van der Waals surface area contributed by atoms with Gasteiger partial charge in [-0.2, -0.15) is 0 Å². The van der Waals surface area contributed by atoms with Crippen LogP contribution in [0.2, 0.25) is 0 Å². The molecule has 2 N–H and O–H groups in total. The first kappa shape index (κ1) is 18.8. The van der Waals surface area contributed by atoms with E-state index in [1.165, 1.54) is 0 Å². The van der Waals surface area contributed by atoms with Gasteiger partial charge in [0.15, 0.2) is 11.7 Å². The standard InChI is InChI=1S/C14H32N3O2/c1-7-13(15-9-3,18-11-5)17-14(8-2,16-10-4)19-12-6/h15-16H,7-12H2,1-6H3. The van der Waals surface area contributed by atoms with E-state index in [2.05, 4.69) is 38.3 Å². The molecule has 19 heavy (non-hydrogen) atoms. The number of hydrogen-bond acceptors (Lipinski definition) is 4. The van der Waals surface area contributed by atoms with E-state index < -0.39 is 11.7 Å². The number of hydrogen-bond donors (Lipinski definition) is 2. The van der Waals surface area contributed by atoms with Crippen LogP contribution in [0.1, 0.15) is 54.4 Å². The van der Waals surface area contributed by atoms with Crippen molar-refractivity contribution in [1.29, 1.82) is 0 Å². The van der Waals surface area contributed by atoms with Crippen LogP contribution < -0.4 is 16.0 Å². The predicted molar refractivity (Wildman–Crippen MR) is 78.8 cm³/mol. The second-order valence-corrected chi connectivity index (χ2v) is 4.31. The SMILES string of the molecule is CCNC(CC)([N]C(CC)(NCC)OCC)OCC. The zero-order chi connectivity index (χ0) is 14.8. The lowest BCUT2D eigenvalue weighted by atomic mass is 10.2. The number of ether oxygens (including phenoxy) is 2. The minimum Gasteiger partial charge on any atom is -0.346 e. The van der Waals surface area contributed by atoms with Crippen LogP contribution >= 0.6 is 0 Å². The van der Waals surface area contributed by atoms with Gasteiger partial charge in [-0.05, 0) is 26.9 Å². The first-order valence-corrected chi connectivity index (χ1v) is 7.59. The molecule has 0 rings (SSSR count). The molecule has 0 fully saturated rings. The molecule has 0 spiro atoms. The lowest BCUT2D eigenvalue weighted by molar-refractivity contribution is -0.190. The molecule has 0 heterocycles. The molecular formula is C14H32N3O2. The van der Waals surface area contributed by atoms with E-state index in [0.29, 0.717) is 13.2 Å². The van der Waals surface area contributed by atoms with Crippen LogP contribution in [-0.2, 0) is 9.47 Å². The molecule has 5 heteroatoms. The monoisotopic (exact) mass is 274 g/mol. The van der Waals surface area contributed by atoms with E-state index >= 15 is 0 Å². The van der Waals surface area contributed by atoms with Crippen LogP contribution in [0.25, 0.3) is 0 Å². The first-order chi connectivity index (χ1) is 9.07. The smallest absolute Gasteiger partial charge is 0.193 e. The van der Waals surface area contributed by atoms with Gasteiger partial charge in [0.25, 0.3) is 0 Å². The Kier molecular flexibility index (Phi) is 9.56. The molecule has 5 nitrogen and oxygen atoms in total. The van der Waals surface area contributed by atoms with Crippen LogP contribution in [0.3, 0.4) is 0 Å². The van der Waals surface area contributed by atoms with Gasteiger partial charge in [-0.15, -0.1) is 5.32 Å². The summed E-state index contributed by atoms with van der Waals surface area (Å²) < 4.78 is 11.7. The minimum atomic E-state index is -0.684. The third kappa shape index (κ3) is 5.75. The Morgan fingerprint density at radius 3 is 1.32 bits per heavy atom. The fourth-order valence-electron chi connectivity index (χ4n) is 2.18. The molecule has 2 unspecified atom stereocenters. The maximum Gasteiger partial charge on any atom is 0.193 e. The third-order valence-electron chi connectivity index (χ3n) is 2.99. The molecule has 2 atom stereocenters. The molecule has 0 bridgehead atoms. The van der Waals surface area contributed by atoms with Crippen molar-refractivity contribution in [2.45, 2.75) is 66.1 Å². The van der Waals surface area contributed by atoms with Crippen LogP contribution in [0, 0.1) is 0 Å². The number of nitrogens with zero attached hydrogens (tertiary/aromatic N) is 1. The summed E-state index contributed by atoms with van der Waals surface area (Å²) in [7, 11) is 0. The van der Waals surface area contributed by atoms with Crippen LogP contribution in [0.5, 0.6) is 0 Å². The van der Waals surface area contributed by atoms with Crippen molar-refractivity contribution in [3.8, 4) is 0 Å². The van der Waals surface area contributed by atoms with Crippen molar-refractivity contribution in [1.82, 2.24) is 16.0 Å². The third-order valence-corrected chi connectivity index (χ3v) is 2.99. The van der Waals surface area contributed by atoms with Crippen LogP contribution in [0.15, 0.2) is 0 Å². The number of rotatable bonds is 12. The molecule has 0 amide bonds. The summed E-state index contributed by atoms with van der Waals surface area (Å²) in [5, 5.41) is 11.6. The summed E-state index contributed by atoms with van der Waals surface area (Å²) in [6, 6.07) is 0. The average Bonchev–Trinajstić information content (AvgIpc) is 2.39. The van der Waals surface area contributed by atoms with E-state index in [9.17, 15) is 0 Å². The molecule has 0 aromatic rings. The zero-order valence-electron chi connectivity index (χ0n) is 13.5. The second-order valence-electron chi connectivity index (χ2n) is 4.31. The maximum atomic E-state index is 5.87. The lowest BCUT2D eigenvalue weighted by Crippen LogP contribution is -2.67. The maximum absolute atomic E-state index is 5.87. The van der Waals surface area contributed by atoms with Gasteiger partial charge in [-0.3, -0.25) is 10.6 Å². The Morgan fingerprint density at radius 2 is 1.11 bits per heavy atom. The summed E-state index contributed by atoms with van der Waals surface area (Å²) in [5.74, 6) is -1.37. The number of nitrogens with one attached hydrogen (secondary N) is 2. The van der Waals surface area contributed by atoms with E-state index in [1.54, 1.807) is 0 Å². The molecule has 115 valence electrons. The minimum absolute atomic E-state index is 0.613. The molecule has 0 aliphatic rings. The Labute approximate surface area is 118 Å². The summed E-state index contributed by atoms with van der Waals surface area (Å²) in [4.78, 5) is 0. The Hall–Kier alpha value is -0.200. The van der Waals surface area contributed by atoms with Crippen molar-refractivity contribution in [2.24, 2.45) is 0 Å². The molecule has 0 saturated carbocycles. The van der Waals surface area contributed by atoms with Crippen molar-refractivity contribution < 1.29 is 9.47 Å². The Morgan fingerprint density at radius 1 is 0.737 bits per heavy atom. The van der Waals surface area contributed by atoms with Gasteiger partial charge in [0, 0.05) is 26.1 Å². The summed E-state index contributed by atoms with van der Waals surface area (Å²) in [6.07, 6.45) is 1.52. The van der Waals surface area contributed by atoms with Gasteiger partial charge < -0.3 is 9.47 Å². The highest BCUT2D eigenvalue weighted by atomic mass is 16.6. The molecule has 0 aliphatic carbocycles. The predicted octanol–water partition coefficient (Wildman–Crippen LogP) is 2.01. The highest BCUT2D eigenvalue weighted by Gasteiger charge is 2.40. The summed E-state index contributed by atoms with van der Waals surface area (Å²) in [6.45, 7) is 15.1. The lowest BCUT2D eigenvalue weighted by Gasteiger charge is -2.42. The van der Waals surface area contributed by atoms with Crippen molar-refractivity contribution in [3.63, 3.8) is 0 Å². The second kappa shape index (κ2) is 9.66. The largest absolute Gasteiger partial charge is 0.346 e. The Balaban J connectivity index is 5.08. The molecule has 1 radical (unpaired) electrons. The fraction of sp³-hybridized carbons (Fsp3) is 1.00. The van der Waals surface area contributed by atoms with Gasteiger partial charge in [-0.25, -0.2) is 0 Å². The molecule has 0 aromatic heterocycles. The zero-order valence-corrected chi connectivity index (χ0v) is 13.5.